The number of likely N-dealkylation sites (N-methyl/N-ethyl adjacent to an activating group) is 1. The maximum Gasteiger partial charge on any atom is 0.328 e. The normalized spacial score (nSPS) is 22.3. The van der Waals surface area contributed by atoms with Crippen molar-refractivity contribution in [2.24, 2.45) is 4.99 Å². The molecule has 1 saturated heterocycles. The van der Waals surface area contributed by atoms with Gasteiger partial charge in [-0.15, -0.1) is 0 Å². The molecule has 7 nitrogen and oxygen atoms in total. The van der Waals surface area contributed by atoms with Gasteiger partial charge in [0.15, 0.2) is 12.2 Å². The Balaban J connectivity index is 1.48. The summed E-state index contributed by atoms with van der Waals surface area (Å²) in [6.45, 7) is 6.16. The van der Waals surface area contributed by atoms with Crippen molar-refractivity contribution >= 4 is 23.6 Å². The van der Waals surface area contributed by atoms with Crippen LogP contribution in [-0.2, 0) is 11.3 Å². The highest BCUT2D eigenvalue weighted by molar-refractivity contribution is 6.10. The van der Waals surface area contributed by atoms with E-state index in [2.05, 4.69) is 6.07 Å². The first-order chi connectivity index (χ1) is 15.3. The van der Waals surface area contributed by atoms with Gasteiger partial charge in [0.05, 0.1) is 12.2 Å². The number of carbonyl (C=O) groups is 2. The van der Waals surface area contributed by atoms with Crippen LogP contribution in [0.25, 0.3) is 0 Å². The Bertz CT molecular complexity index is 1190. The lowest BCUT2D eigenvalue weighted by Gasteiger charge is -2.40. The molecule has 3 aliphatic heterocycles. The number of urea groups is 1. The number of benzene rings is 2. The van der Waals surface area contributed by atoms with Gasteiger partial charge >= 0.3 is 6.03 Å². The van der Waals surface area contributed by atoms with Gasteiger partial charge in [-0.1, -0.05) is 29.8 Å². The summed E-state index contributed by atoms with van der Waals surface area (Å²) in [5.41, 5.74) is 4.90. The van der Waals surface area contributed by atoms with E-state index in [1.807, 2.05) is 48.9 Å². The molecule has 164 valence electrons. The number of hydrogen-bond donors (Lipinski definition) is 0. The Morgan fingerprint density at radius 2 is 1.75 bits per heavy atom. The standard InChI is InChI=1S/C24H24FN5O2/c1-14-5-10-19(15(2)11-14)30-16(3)12-28-20-21(26-23(28)30)27(4)24(32)29(22(20)31)13-17-6-8-18(25)9-7-17/h5-12,20-21H,13H2,1-4H3. The zero-order valence-corrected chi connectivity index (χ0v) is 18.4. The molecule has 0 radical (unpaired) electrons. The van der Waals surface area contributed by atoms with E-state index in [4.69, 9.17) is 4.99 Å². The molecule has 0 N–H and O–H groups in total. The largest absolute Gasteiger partial charge is 0.328 e. The van der Waals surface area contributed by atoms with Gasteiger partial charge in [-0.3, -0.25) is 14.6 Å². The number of carbonyl (C=O) groups excluding carboxylic acids is 2. The third-order valence-corrected chi connectivity index (χ3v) is 6.24. The molecule has 2 aromatic rings. The fraction of sp³-hybridized carbons (Fsp3) is 0.292. The summed E-state index contributed by atoms with van der Waals surface area (Å²) in [6.07, 6.45) is 1.31. The molecule has 3 heterocycles. The van der Waals surface area contributed by atoms with E-state index in [0.29, 0.717) is 11.5 Å². The highest BCUT2D eigenvalue weighted by Crippen LogP contribution is 2.38. The maximum absolute atomic E-state index is 13.5. The van der Waals surface area contributed by atoms with E-state index in [0.717, 1.165) is 16.9 Å². The van der Waals surface area contributed by atoms with Gasteiger partial charge in [-0.25, -0.2) is 14.2 Å². The van der Waals surface area contributed by atoms with E-state index in [-0.39, 0.29) is 18.3 Å². The summed E-state index contributed by atoms with van der Waals surface area (Å²) in [6, 6.07) is 11.0. The van der Waals surface area contributed by atoms with Crippen molar-refractivity contribution in [2.45, 2.75) is 39.5 Å². The van der Waals surface area contributed by atoms with Crippen LogP contribution < -0.4 is 4.90 Å². The van der Waals surface area contributed by atoms with Gasteiger partial charge in [-0.2, -0.15) is 0 Å². The number of nitrogens with zero attached hydrogens (tertiary/aromatic N) is 5. The highest BCUT2D eigenvalue weighted by Gasteiger charge is 2.54. The van der Waals surface area contributed by atoms with Gasteiger partial charge < -0.3 is 9.80 Å². The molecular formula is C24H24FN5O2. The number of imide groups is 1. The number of aryl methyl sites for hydroxylation is 2. The van der Waals surface area contributed by atoms with Crippen molar-refractivity contribution in [3.05, 3.63) is 76.9 Å². The summed E-state index contributed by atoms with van der Waals surface area (Å²) < 4.78 is 13.3. The predicted octanol–water partition coefficient (Wildman–Crippen LogP) is 3.58. The average Bonchev–Trinajstić information content (AvgIpc) is 3.26. The third kappa shape index (κ3) is 2.97. The predicted molar refractivity (Wildman–Crippen MR) is 119 cm³/mol. The van der Waals surface area contributed by atoms with Gasteiger partial charge in [0.2, 0.25) is 5.96 Å². The molecule has 2 atom stereocenters. The molecular weight excluding hydrogens is 409 g/mol. The van der Waals surface area contributed by atoms with Crippen LogP contribution in [0, 0.1) is 19.7 Å². The Morgan fingerprint density at radius 3 is 2.44 bits per heavy atom. The molecule has 0 aliphatic carbocycles. The molecule has 0 bridgehead atoms. The molecule has 3 amide bonds. The third-order valence-electron chi connectivity index (χ3n) is 6.24. The lowest BCUT2D eigenvalue weighted by atomic mass is 10.1. The van der Waals surface area contributed by atoms with Gasteiger partial charge in [0.1, 0.15) is 5.82 Å². The van der Waals surface area contributed by atoms with E-state index in [1.54, 1.807) is 19.2 Å². The molecule has 0 aromatic heterocycles. The van der Waals surface area contributed by atoms with Crippen LogP contribution in [-0.4, -0.2) is 51.9 Å². The summed E-state index contributed by atoms with van der Waals surface area (Å²) in [7, 11) is 1.66. The lowest BCUT2D eigenvalue weighted by molar-refractivity contribution is -0.137. The maximum atomic E-state index is 13.5. The monoisotopic (exact) mass is 433 g/mol. The van der Waals surface area contributed by atoms with Crippen LogP contribution in [0.15, 0.2) is 59.4 Å². The van der Waals surface area contributed by atoms with Crippen molar-refractivity contribution in [2.75, 3.05) is 11.9 Å². The van der Waals surface area contributed by atoms with Crippen LogP contribution in [0.5, 0.6) is 0 Å². The SMILES string of the molecule is CC1=CN2C(=NC3C2C(=O)N(Cc2ccc(F)cc2)C(=O)N3C)N1c1ccc(C)cc1C. The average molecular weight is 433 g/mol. The van der Waals surface area contributed by atoms with E-state index in [1.165, 1.54) is 27.5 Å². The first kappa shape index (κ1) is 20.2. The number of amides is 3. The number of aliphatic imine (C=N–C) groups is 1. The minimum atomic E-state index is -0.640. The Labute approximate surface area is 186 Å². The van der Waals surface area contributed by atoms with Crippen LogP contribution in [0.1, 0.15) is 23.6 Å². The zero-order valence-electron chi connectivity index (χ0n) is 18.4. The van der Waals surface area contributed by atoms with E-state index in [9.17, 15) is 14.0 Å². The van der Waals surface area contributed by atoms with E-state index < -0.39 is 18.2 Å². The Hall–Kier alpha value is -3.68. The summed E-state index contributed by atoms with van der Waals surface area (Å²) in [5, 5.41) is 0. The topological polar surface area (TPSA) is 59.5 Å². The molecule has 0 saturated carbocycles. The highest BCUT2D eigenvalue weighted by atomic mass is 19.1. The molecule has 0 spiro atoms. The number of allylic oxidation sites excluding steroid dienone is 1. The Kier molecular flexibility index (Phi) is 4.54. The van der Waals surface area contributed by atoms with Crippen molar-refractivity contribution in [3.8, 4) is 0 Å². The lowest BCUT2D eigenvalue weighted by Crippen LogP contribution is -2.63. The second-order valence-electron chi connectivity index (χ2n) is 8.53. The molecule has 1 fully saturated rings. The number of halogens is 1. The minimum absolute atomic E-state index is 0.0815. The fourth-order valence-electron chi connectivity index (χ4n) is 4.63. The summed E-state index contributed by atoms with van der Waals surface area (Å²) >= 11 is 0. The summed E-state index contributed by atoms with van der Waals surface area (Å²) in [5.74, 6) is -0.0333. The minimum Gasteiger partial charge on any atom is -0.302 e. The van der Waals surface area contributed by atoms with Gasteiger partial charge in [0.25, 0.3) is 5.91 Å². The van der Waals surface area contributed by atoms with Crippen molar-refractivity contribution in [1.29, 1.82) is 0 Å². The van der Waals surface area contributed by atoms with Gasteiger partial charge in [-0.05, 0) is 50.1 Å². The van der Waals surface area contributed by atoms with Crippen LogP contribution in [0.3, 0.4) is 0 Å². The second kappa shape index (κ2) is 7.19. The van der Waals surface area contributed by atoms with Crippen molar-refractivity contribution in [3.63, 3.8) is 0 Å². The summed E-state index contributed by atoms with van der Waals surface area (Å²) in [4.78, 5) is 37.9. The number of rotatable bonds is 3. The molecule has 3 aliphatic rings. The van der Waals surface area contributed by atoms with Crippen molar-refractivity contribution < 1.29 is 14.0 Å². The van der Waals surface area contributed by atoms with Gasteiger partial charge in [0, 0.05) is 18.9 Å². The van der Waals surface area contributed by atoms with Crippen LogP contribution >= 0.6 is 0 Å². The molecule has 2 unspecified atom stereocenters. The second-order valence-corrected chi connectivity index (χ2v) is 8.53. The first-order valence-corrected chi connectivity index (χ1v) is 10.5. The molecule has 2 aromatic carbocycles. The smallest absolute Gasteiger partial charge is 0.302 e. The van der Waals surface area contributed by atoms with E-state index >= 15 is 0 Å². The number of guanidine groups is 1. The Morgan fingerprint density at radius 1 is 1.03 bits per heavy atom. The quantitative estimate of drug-likeness (QED) is 0.743. The van der Waals surface area contributed by atoms with Crippen LogP contribution in [0.4, 0.5) is 14.9 Å². The molecule has 8 heteroatoms. The first-order valence-electron chi connectivity index (χ1n) is 10.5. The van der Waals surface area contributed by atoms with Crippen LogP contribution in [0.2, 0.25) is 0 Å². The molecule has 32 heavy (non-hydrogen) atoms. The molecule has 5 rings (SSSR count). The number of anilines is 1. The fourth-order valence-corrected chi connectivity index (χ4v) is 4.63. The zero-order chi connectivity index (χ0) is 22.7. The van der Waals surface area contributed by atoms with Crippen molar-refractivity contribution in [1.82, 2.24) is 14.7 Å². The number of fused-ring (bicyclic) bond motifs is 3. The number of hydrogen-bond acceptors (Lipinski definition) is 5.